The van der Waals surface area contributed by atoms with E-state index in [-0.39, 0.29) is 10.6 Å². The molecule has 0 aliphatic carbocycles. The fraction of sp³-hybridized carbons (Fsp3) is 0.500. The zero-order valence-electron chi connectivity index (χ0n) is 12.3. The summed E-state index contributed by atoms with van der Waals surface area (Å²) >= 11 is 1.45. The van der Waals surface area contributed by atoms with Crippen molar-refractivity contribution in [3.63, 3.8) is 0 Å². The quantitative estimate of drug-likeness (QED) is 0.881. The molecule has 1 aliphatic heterocycles. The molecule has 0 aromatic heterocycles. The zero-order valence-corrected chi connectivity index (χ0v) is 13.9. The molecule has 1 aromatic carbocycles. The van der Waals surface area contributed by atoms with E-state index in [1.807, 2.05) is 6.92 Å². The van der Waals surface area contributed by atoms with Gasteiger partial charge in [-0.05, 0) is 44.1 Å². The number of aliphatic carboxylic acids is 1. The largest absolute Gasteiger partial charge is 0.480 e. The van der Waals surface area contributed by atoms with Crippen molar-refractivity contribution in [3.8, 4) is 0 Å². The fourth-order valence-corrected chi connectivity index (χ4v) is 6.02. The van der Waals surface area contributed by atoms with Gasteiger partial charge in [0.1, 0.15) is 5.54 Å². The van der Waals surface area contributed by atoms with Gasteiger partial charge in [0.15, 0.2) is 0 Å². The molecule has 21 heavy (non-hydrogen) atoms. The van der Waals surface area contributed by atoms with Crippen molar-refractivity contribution >= 4 is 27.8 Å². The van der Waals surface area contributed by atoms with Crippen LogP contribution in [0.3, 0.4) is 0 Å². The minimum atomic E-state index is -3.87. The molecule has 116 valence electrons. The van der Waals surface area contributed by atoms with E-state index in [1.165, 1.54) is 11.8 Å². The number of carboxylic acid groups (broad SMARTS) is 1. The Balaban J connectivity index is 2.46. The second-order valence-electron chi connectivity index (χ2n) is 5.52. The van der Waals surface area contributed by atoms with E-state index in [1.54, 1.807) is 26.0 Å². The number of carboxylic acids is 1. The van der Waals surface area contributed by atoms with Crippen molar-refractivity contribution in [3.05, 3.63) is 28.8 Å². The van der Waals surface area contributed by atoms with Crippen LogP contribution in [0.15, 0.2) is 17.0 Å². The summed E-state index contributed by atoms with van der Waals surface area (Å²) in [4.78, 5) is 11.7. The third kappa shape index (κ3) is 3.09. The Bertz CT molecular complexity index is 653. The van der Waals surface area contributed by atoms with E-state index in [0.29, 0.717) is 23.3 Å². The number of hydrogen-bond donors (Lipinski definition) is 2. The molecule has 1 aliphatic rings. The van der Waals surface area contributed by atoms with Crippen molar-refractivity contribution in [2.75, 3.05) is 11.5 Å². The van der Waals surface area contributed by atoms with E-state index in [9.17, 15) is 18.3 Å². The average molecular weight is 329 g/mol. The number of rotatable bonds is 4. The van der Waals surface area contributed by atoms with Crippen LogP contribution < -0.4 is 4.72 Å². The molecule has 1 saturated heterocycles. The van der Waals surface area contributed by atoms with Crippen LogP contribution in [0.5, 0.6) is 0 Å². The highest BCUT2D eigenvalue weighted by Crippen LogP contribution is 2.31. The minimum Gasteiger partial charge on any atom is -0.480 e. The third-order valence-corrected chi connectivity index (χ3v) is 6.66. The van der Waals surface area contributed by atoms with E-state index >= 15 is 0 Å². The van der Waals surface area contributed by atoms with Crippen LogP contribution in [-0.2, 0) is 14.8 Å². The molecule has 1 atom stereocenters. The van der Waals surface area contributed by atoms with Gasteiger partial charge < -0.3 is 5.11 Å². The maximum Gasteiger partial charge on any atom is 0.325 e. The molecule has 1 fully saturated rings. The Morgan fingerprint density at radius 2 is 1.86 bits per heavy atom. The van der Waals surface area contributed by atoms with Gasteiger partial charge in [0.2, 0.25) is 10.0 Å². The molecule has 5 nitrogen and oxygen atoms in total. The fourth-order valence-electron chi connectivity index (χ4n) is 2.76. The number of carbonyl (C=O) groups is 1. The van der Waals surface area contributed by atoms with Gasteiger partial charge in [-0.1, -0.05) is 17.7 Å². The number of benzene rings is 1. The van der Waals surface area contributed by atoms with Crippen LogP contribution >= 0.6 is 11.8 Å². The molecule has 0 saturated carbocycles. The second kappa shape index (κ2) is 5.62. The smallest absolute Gasteiger partial charge is 0.325 e. The van der Waals surface area contributed by atoms with Gasteiger partial charge >= 0.3 is 5.97 Å². The van der Waals surface area contributed by atoms with Crippen LogP contribution in [0.2, 0.25) is 0 Å². The van der Waals surface area contributed by atoms with Gasteiger partial charge in [0.05, 0.1) is 4.90 Å². The Kier molecular flexibility index (Phi) is 4.37. The summed E-state index contributed by atoms with van der Waals surface area (Å²) in [5.74, 6) is -0.217. The maximum absolute atomic E-state index is 12.7. The lowest BCUT2D eigenvalue weighted by molar-refractivity contribution is -0.142. The number of hydrogen-bond acceptors (Lipinski definition) is 4. The second-order valence-corrected chi connectivity index (χ2v) is 8.25. The Labute approximate surface area is 129 Å². The molecule has 0 amide bonds. The highest BCUT2D eigenvalue weighted by atomic mass is 32.2. The Morgan fingerprint density at radius 1 is 1.29 bits per heavy atom. The van der Waals surface area contributed by atoms with Gasteiger partial charge in [0.25, 0.3) is 0 Å². The minimum absolute atomic E-state index is 0.186. The van der Waals surface area contributed by atoms with Crippen LogP contribution in [-0.4, -0.2) is 36.5 Å². The molecule has 1 heterocycles. The van der Waals surface area contributed by atoms with Gasteiger partial charge in [0, 0.05) is 5.75 Å². The zero-order chi connectivity index (χ0) is 15.8. The molecule has 0 radical (unpaired) electrons. The van der Waals surface area contributed by atoms with Gasteiger partial charge in [-0.2, -0.15) is 16.5 Å². The Morgan fingerprint density at radius 3 is 2.29 bits per heavy atom. The van der Waals surface area contributed by atoms with Crippen LogP contribution in [0, 0.1) is 20.8 Å². The molecule has 1 unspecified atom stereocenters. The number of thioether (sulfide) groups is 1. The van der Waals surface area contributed by atoms with Gasteiger partial charge in [-0.3, -0.25) is 4.79 Å². The van der Waals surface area contributed by atoms with Crippen molar-refractivity contribution in [1.82, 2.24) is 4.72 Å². The normalized spacial score (nSPS) is 22.4. The van der Waals surface area contributed by atoms with Crippen molar-refractivity contribution < 1.29 is 18.3 Å². The number of nitrogens with one attached hydrogen (secondary N) is 1. The molecular formula is C14H19NO4S2. The van der Waals surface area contributed by atoms with E-state index in [4.69, 9.17) is 0 Å². The van der Waals surface area contributed by atoms with Crippen LogP contribution in [0.4, 0.5) is 0 Å². The highest BCUT2D eigenvalue weighted by Gasteiger charge is 2.45. The SMILES string of the molecule is Cc1cc(C)c(S(=O)(=O)NC2(C(=O)O)CCSC2)c(C)c1. The van der Waals surface area contributed by atoms with Crippen molar-refractivity contribution in [2.24, 2.45) is 0 Å². The lowest BCUT2D eigenvalue weighted by Crippen LogP contribution is -2.54. The summed E-state index contributed by atoms with van der Waals surface area (Å²) in [5.41, 5.74) is 0.846. The summed E-state index contributed by atoms with van der Waals surface area (Å²) in [5, 5.41) is 9.42. The average Bonchev–Trinajstić information content (AvgIpc) is 2.75. The summed E-state index contributed by atoms with van der Waals surface area (Å²) in [6.07, 6.45) is 0.302. The van der Waals surface area contributed by atoms with Gasteiger partial charge in [-0.15, -0.1) is 0 Å². The first-order valence-corrected chi connectivity index (χ1v) is 9.25. The predicted molar refractivity (Wildman–Crippen MR) is 83.3 cm³/mol. The first-order valence-electron chi connectivity index (χ1n) is 6.61. The standard InChI is InChI=1S/C14H19NO4S2/c1-9-6-10(2)12(11(3)7-9)21(18,19)15-14(13(16)17)4-5-20-8-14/h6-7,15H,4-5,8H2,1-3H3,(H,16,17). The maximum atomic E-state index is 12.7. The molecular weight excluding hydrogens is 310 g/mol. The topological polar surface area (TPSA) is 83.5 Å². The molecule has 0 spiro atoms. The molecule has 2 N–H and O–H groups in total. The molecule has 7 heteroatoms. The van der Waals surface area contributed by atoms with Gasteiger partial charge in [-0.25, -0.2) is 8.42 Å². The van der Waals surface area contributed by atoms with E-state index in [2.05, 4.69) is 4.72 Å². The van der Waals surface area contributed by atoms with E-state index in [0.717, 1.165) is 5.56 Å². The first-order chi connectivity index (χ1) is 9.68. The van der Waals surface area contributed by atoms with E-state index < -0.39 is 21.5 Å². The molecule has 1 aromatic rings. The summed E-state index contributed by atoms with van der Waals surface area (Å²) in [7, 11) is -3.87. The van der Waals surface area contributed by atoms with Crippen molar-refractivity contribution in [1.29, 1.82) is 0 Å². The first kappa shape index (κ1) is 16.3. The predicted octanol–water partition coefficient (Wildman–Crippen LogP) is 1.85. The highest BCUT2D eigenvalue weighted by molar-refractivity contribution is 7.99. The summed E-state index contributed by atoms with van der Waals surface area (Å²) < 4.78 is 27.8. The van der Waals surface area contributed by atoms with Crippen LogP contribution in [0.1, 0.15) is 23.1 Å². The Hall–Kier alpha value is -1.05. The van der Waals surface area contributed by atoms with Crippen LogP contribution in [0.25, 0.3) is 0 Å². The number of aryl methyl sites for hydroxylation is 3. The monoisotopic (exact) mass is 329 g/mol. The molecule has 0 bridgehead atoms. The lowest BCUT2D eigenvalue weighted by Gasteiger charge is -2.25. The summed E-state index contributed by atoms with van der Waals surface area (Å²) in [6, 6.07) is 3.58. The lowest BCUT2D eigenvalue weighted by atomic mass is 10.0. The molecule has 2 rings (SSSR count). The number of sulfonamides is 1. The summed E-state index contributed by atoms with van der Waals surface area (Å²) in [6.45, 7) is 5.35. The van der Waals surface area contributed by atoms with Crippen molar-refractivity contribution in [2.45, 2.75) is 37.6 Å². The third-order valence-electron chi connectivity index (χ3n) is 3.63.